The van der Waals surface area contributed by atoms with E-state index >= 15 is 0 Å². The van der Waals surface area contributed by atoms with E-state index in [2.05, 4.69) is 27.6 Å². The molecular formula is C26H31N5O3. The normalized spacial score (nSPS) is 13.0. The molecule has 2 N–H and O–H groups in total. The minimum atomic E-state index is -0.231. The zero-order valence-corrected chi connectivity index (χ0v) is 20.1. The van der Waals surface area contributed by atoms with E-state index in [1.165, 1.54) is 0 Å². The Labute approximate surface area is 200 Å². The van der Waals surface area contributed by atoms with Gasteiger partial charge in [0, 0.05) is 35.6 Å². The summed E-state index contributed by atoms with van der Waals surface area (Å²) in [4.78, 5) is 17.7. The molecule has 178 valence electrons. The number of rotatable bonds is 6. The van der Waals surface area contributed by atoms with Crippen molar-refractivity contribution in [2.75, 3.05) is 18.5 Å². The van der Waals surface area contributed by atoms with E-state index in [0.29, 0.717) is 42.8 Å². The van der Waals surface area contributed by atoms with Crippen molar-refractivity contribution >= 4 is 17.6 Å². The number of nitrogens with zero attached hydrogens (tertiary/aromatic N) is 3. The Morgan fingerprint density at radius 3 is 2.62 bits per heavy atom. The maximum atomic E-state index is 13.0. The molecule has 0 fully saturated rings. The van der Waals surface area contributed by atoms with Gasteiger partial charge < -0.3 is 14.8 Å². The van der Waals surface area contributed by atoms with Crippen LogP contribution in [0.5, 0.6) is 11.5 Å². The molecule has 0 spiro atoms. The zero-order chi connectivity index (χ0) is 24.1. The van der Waals surface area contributed by atoms with Crippen molar-refractivity contribution in [3.8, 4) is 11.5 Å². The van der Waals surface area contributed by atoms with Crippen LogP contribution in [0.4, 0.5) is 5.69 Å². The second-order valence-corrected chi connectivity index (χ2v) is 8.40. The van der Waals surface area contributed by atoms with Gasteiger partial charge in [0.25, 0.3) is 5.91 Å². The summed E-state index contributed by atoms with van der Waals surface area (Å²) in [5.74, 6) is 1.48. The first-order valence-corrected chi connectivity index (χ1v) is 11.6. The van der Waals surface area contributed by atoms with E-state index in [0.717, 1.165) is 41.0 Å². The molecule has 1 aliphatic rings. The minimum Gasteiger partial charge on any atom is -0.486 e. The Hall–Kier alpha value is -3.81. The zero-order valence-electron chi connectivity index (χ0n) is 20.1. The lowest BCUT2D eigenvalue weighted by Crippen LogP contribution is -2.36. The van der Waals surface area contributed by atoms with Gasteiger partial charge in [-0.25, -0.2) is 4.99 Å². The first-order chi connectivity index (χ1) is 16.4. The lowest BCUT2D eigenvalue weighted by Gasteiger charge is -2.19. The predicted molar refractivity (Wildman–Crippen MR) is 133 cm³/mol. The third-order valence-corrected chi connectivity index (χ3v) is 5.71. The van der Waals surface area contributed by atoms with Crippen molar-refractivity contribution in [3.05, 3.63) is 70.5 Å². The summed E-state index contributed by atoms with van der Waals surface area (Å²) in [5.41, 5.74) is 5.45. The highest BCUT2D eigenvalue weighted by Gasteiger charge is 2.15. The van der Waals surface area contributed by atoms with E-state index in [-0.39, 0.29) is 5.91 Å². The number of benzene rings is 2. The Kier molecular flexibility index (Phi) is 7.15. The van der Waals surface area contributed by atoms with Crippen LogP contribution in [-0.2, 0) is 13.1 Å². The molecule has 0 radical (unpaired) electrons. The second-order valence-electron chi connectivity index (χ2n) is 8.40. The predicted octanol–water partition coefficient (Wildman–Crippen LogP) is 4.39. The summed E-state index contributed by atoms with van der Waals surface area (Å²) in [6.45, 7) is 10.4. The Morgan fingerprint density at radius 2 is 1.85 bits per heavy atom. The van der Waals surface area contributed by atoms with Gasteiger partial charge in [-0.3, -0.25) is 14.8 Å². The monoisotopic (exact) mass is 461 g/mol. The summed E-state index contributed by atoms with van der Waals surface area (Å²) in [5, 5.41) is 10.7. The molecule has 1 aromatic heterocycles. The number of fused-ring (bicyclic) bond motifs is 1. The van der Waals surface area contributed by atoms with Crippen molar-refractivity contribution in [2.24, 2.45) is 4.99 Å². The number of hydrogen-bond acceptors (Lipinski definition) is 5. The van der Waals surface area contributed by atoms with Crippen LogP contribution >= 0.6 is 0 Å². The number of carbonyl (C=O) groups excluding carboxylic acids is 1. The maximum Gasteiger partial charge on any atom is 0.257 e. The van der Waals surface area contributed by atoms with Gasteiger partial charge >= 0.3 is 0 Å². The minimum absolute atomic E-state index is 0.231. The highest BCUT2D eigenvalue weighted by Crippen LogP contribution is 2.32. The molecule has 0 atom stereocenters. The summed E-state index contributed by atoms with van der Waals surface area (Å²) in [7, 11) is 0. The quantitative estimate of drug-likeness (QED) is 0.420. The van der Waals surface area contributed by atoms with E-state index < -0.39 is 0 Å². The smallest absolute Gasteiger partial charge is 0.257 e. The van der Waals surface area contributed by atoms with Crippen LogP contribution in [0.15, 0.2) is 47.6 Å². The van der Waals surface area contributed by atoms with Gasteiger partial charge in [-0.05, 0) is 62.6 Å². The van der Waals surface area contributed by atoms with E-state index in [1.54, 1.807) is 0 Å². The number of carbonyl (C=O) groups is 1. The van der Waals surface area contributed by atoms with Crippen LogP contribution in [0.2, 0.25) is 0 Å². The highest BCUT2D eigenvalue weighted by molar-refractivity contribution is 6.10. The average Bonchev–Trinajstić information content (AvgIpc) is 3.18. The lowest BCUT2D eigenvalue weighted by atomic mass is 10.1. The van der Waals surface area contributed by atoms with Gasteiger partial charge in [0.05, 0.1) is 12.2 Å². The molecule has 2 heterocycles. The molecule has 4 rings (SSSR count). The van der Waals surface area contributed by atoms with Crippen LogP contribution in [0, 0.1) is 20.8 Å². The highest BCUT2D eigenvalue weighted by atomic mass is 16.6. The van der Waals surface area contributed by atoms with Gasteiger partial charge in [-0.15, -0.1) is 0 Å². The molecule has 1 aliphatic heterocycles. The molecule has 0 unspecified atom stereocenters. The first-order valence-electron chi connectivity index (χ1n) is 11.6. The maximum absolute atomic E-state index is 13.0. The summed E-state index contributed by atoms with van der Waals surface area (Å²) in [6, 6.07) is 11.2. The molecule has 0 saturated heterocycles. The molecule has 34 heavy (non-hydrogen) atoms. The number of ether oxygens (including phenoxy) is 2. The molecule has 3 aromatic rings. The third-order valence-electron chi connectivity index (χ3n) is 5.71. The van der Waals surface area contributed by atoms with Gasteiger partial charge in [-0.1, -0.05) is 13.0 Å². The number of aromatic nitrogens is 2. The molecule has 8 heteroatoms. The van der Waals surface area contributed by atoms with Crippen LogP contribution < -0.4 is 20.1 Å². The number of aryl methyl sites for hydroxylation is 4. The van der Waals surface area contributed by atoms with Gasteiger partial charge in [-0.2, -0.15) is 5.10 Å². The number of nitrogens with one attached hydrogen (secondary N) is 2. The number of hydrogen-bond donors (Lipinski definition) is 2. The molecular weight excluding hydrogens is 430 g/mol. The fourth-order valence-corrected chi connectivity index (χ4v) is 3.65. The summed E-state index contributed by atoms with van der Waals surface area (Å²) >= 11 is 0. The SMILES string of the molecule is CCCn1cc(CN=C(NC(=O)c2ccc(C)c(C)c2)Nc2ccc3c(c2)OCCO3)c(C)n1. The van der Waals surface area contributed by atoms with Crippen molar-refractivity contribution in [2.45, 2.75) is 47.2 Å². The molecule has 2 aromatic carbocycles. The fraction of sp³-hybridized carbons (Fsp3) is 0.346. The number of aliphatic imine (C=N–C) groups is 1. The average molecular weight is 462 g/mol. The van der Waals surface area contributed by atoms with Gasteiger partial charge in [0.15, 0.2) is 11.5 Å². The third kappa shape index (κ3) is 5.57. The second kappa shape index (κ2) is 10.4. The van der Waals surface area contributed by atoms with Crippen LogP contribution in [0.25, 0.3) is 0 Å². The van der Waals surface area contributed by atoms with Crippen molar-refractivity contribution in [1.82, 2.24) is 15.1 Å². The largest absolute Gasteiger partial charge is 0.486 e. The van der Waals surface area contributed by atoms with Crippen molar-refractivity contribution < 1.29 is 14.3 Å². The lowest BCUT2D eigenvalue weighted by molar-refractivity contribution is 0.0977. The van der Waals surface area contributed by atoms with Crippen molar-refractivity contribution in [3.63, 3.8) is 0 Å². The molecule has 0 aliphatic carbocycles. The fourth-order valence-electron chi connectivity index (χ4n) is 3.65. The summed E-state index contributed by atoms with van der Waals surface area (Å²) in [6.07, 6.45) is 3.02. The number of anilines is 1. The van der Waals surface area contributed by atoms with Crippen LogP contribution in [0.3, 0.4) is 0 Å². The Balaban J connectivity index is 1.58. The Bertz CT molecular complexity index is 1220. The first kappa shape index (κ1) is 23.4. The van der Waals surface area contributed by atoms with Crippen LogP contribution in [0.1, 0.15) is 46.1 Å². The van der Waals surface area contributed by atoms with E-state index in [4.69, 9.17) is 9.47 Å². The van der Waals surface area contributed by atoms with Crippen molar-refractivity contribution in [1.29, 1.82) is 0 Å². The Morgan fingerprint density at radius 1 is 1.06 bits per heavy atom. The molecule has 0 bridgehead atoms. The van der Waals surface area contributed by atoms with E-state index in [9.17, 15) is 4.79 Å². The van der Waals surface area contributed by atoms with Crippen LogP contribution in [-0.4, -0.2) is 34.9 Å². The standard InChI is InChI=1S/C26H31N5O3/c1-5-10-31-16-21(19(4)30-31)15-27-26(29-25(32)20-7-6-17(2)18(3)13-20)28-22-8-9-23-24(14-22)34-12-11-33-23/h6-9,13-14,16H,5,10-12,15H2,1-4H3,(H2,27,28,29,32). The van der Waals surface area contributed by atoms with Gasteiger partial charge in [0.2, 0.25) is 5.96 Å². The van der Waals surface area contributed by atoms with Gasteiger partial charge in [0.1, 0.15) is 13.2 Å². The number of amides is 1. The number of guanidine groups is 1. The molecule has 1 amide bonds. The van der Waals surface area contributed by atoms with E-state index in [1.807, 2.05) is 68.0 Å². The molecule has 8 nitrogen and oxygen atoms in total. The summed E-state index contributed by atoms with van der Waals surface area (Å²) < 4.78 is 13.2. The molecule has 0 saturated carbocycles. The topological polar surface area (TPSA) is 89.8 Å².